The molecular weight excluding hydrogens is 483 g/mol. The number of amides is 1. The van der Waals surface area contributed by atoms with Gasteiger partial charge < -0.3 is 19.6 Å². The molecule has 1 saturated carbocycles. The Morgan fingerprint density at radius 2 is 2.03 bits per heavy atom. The predicted molar refractivity (Wildman–Crippen MR) is 136 cm³/mol. The second-order valence-electron chi connectivity index (χ2n) is 9.32. The quantitative estimate of drug-likeness (QED) is 0.393. The van der Waals surface area contributed by atoms with Gasteiger partial charge in [0.05, 0.1) is 17.7 Å². The summed E-state index contributed by atoms with van der Waals surface area (Å²) >= 11 is 5.71. The van der Waals surface area contributed by atoms with Crippen LogP contribution in [-0.4, -0.2) is 49.8 Å². The average Bonchev–Trinajstić information content (AvgIpc) is 3.66. The van der Waals surface area contributed by atoms with E-state index in [2.05, 4.69) is 19.8 Å². The number of pyridine rings is 1. The first kappa shape index (κ1) is 24.0. The number of hydrogen-bond donors (Lipinski definition) is 1. The van der Waals surface area contributed by atoms with Gasteiger partial charge in [-0.1, -0.05) is 6.57 Å². The molecule has 184 valence electrons. The molecule has 36 heavy (non-hydrogen) atoms. The number of aliphatic hydroxyl groups is 1. The van der Waals surface area contributed by atoms with E-state index in [-0.39, 0.29) is 47.4 Å². The Kier molecular flexibility index (Phi) is 5.81. The number of anilines is 2. The SMILES string of the molecule is [C-]#[N+]c1ncc(N2C(=O)C(C)(C)N(c3cc(F)c4nc(C5CC5)nc(OCCO)c4c3)C2=S)cc1C. The van der Waals surface area contributed by atoms with Crippen LogP contribution in [-0.2, 0) is 4.79 Å². The van der Waals surface area contributed by atoms with Crippen molar-refractivity contribution in [1.29, 1.82) is 0 Å². The maximum atomic E-state index is 15.5. The van der Waals surface area contributed by atoms with Gasteiger partial charge in [-0.05, 0) is 69.6 Å². The van der Waals surface area contributed by atoms with Crippen molar-refractivity contribution in [3.05, 3.63) is 53.0 Å². The lowest BCUT2D eigenvalue weighted by atomic mass is 10.0. The number of hydrogen-bond acceptors (Lipinski definition) is 7. The Bertz CT molecular complexity index is 1470. The second kappa shape index (κ2) is 8.72. The summed E-state index contributed by atoms with van der Waals surface area (Å²) in [6.07, 6.45) is 3.30. The number of aliphatic hydroxyl groups excluding tert-OH is 1. The van der Waals surface area contributed by atoms with Gasteiger partial charge >= 0.3 is 0 Å². The first-order valence-corrected chi connectivity index (χ1v) is 11.9. The Hall–Kier alpha value is -3.75. The van der Waals surface area contributed by atoms with E-state index in [9.17, 15) is 9.90 Å². The average molecular weight is 507 g/mol. The molecule has 5 rings (SSSR count). The van der Waals surface area contributed by atoms with Crippen molar-refractivity contribution in [2.45, 2.75) is 45.1 Å². The number of thiocarbonyl (C=S) groups is 1. The molecule has 9 nitrogen and oxygen atoms in total. The van der Waals surface area contributed by atoms with Gasteiger partial charge in [0.2, 0.25) is 5.88 Å². The molecule has 3 aromatic rings. The van der Waals surface area contributed by atoms with E-state index < -0.39 is 11.4 Å². The Morgan fingerprint density at radius 1 is 1.28 bits per heavy atom. The fraction of sp³-hybridized carbons (Fsp3) is 0.360. The topological polar surface area (TPSA) is 96.0 Å². The summed E-state index contributed by atoms with van der Waals surface area (Å²) in [5.41, 5.74) is 0.343. The van der Waals surface area contributed by atoms with Gasteiger partial charge in [0, 0.05) is 11.6 Å². The van der Waals surface area contributed by atoms with Crippen LogP contribution in [0.4, 0.5) is 21.6 Å². The molecular formula is C25H23FN6O3S. The second-order valence-corrected chi connectivity index (χ2v) is 9.69. The molecule has 0 spiro atoms. The number of carbonyl (C=O) groups excluding carboxylic acids is 1. The maximum Gasteiger partial charge on any atom is 0.272 e. The summed E-state index contributed by atoms with van der Waals surface area (Å²) < 4.78 is 21.2. The summed E-state index contributed by atoms with van der Waals surface area (Å²) in [5, 5.41) is 9.73. The molecule has 1 aromatic carbocycles. The first-order valence-electron chi connectivity index (χ1n) is 11.4. The van der Waals surface area contributed by atoms with E-state index in [0.29, 0.717) is 28.1 Å². The van der Waals surface area contributed by atoms with Gasteiger partial charge in [-0.25, -0.2) is 9.37 Å². The molecule has 0 radical (unpaired) electrons. The van der Waals surface area contributed by atoms with Crippen LogP contribution in [0, 0.1) is 19.3 Å². The van der Waals surface area contributed by atoms with Crippen molar-refractivity contribution in [2.75, 3.05) is 23.0 Å². The highest BCUT2D eigenvalue weighted by Gasteiger charge is 2.51. The summed E-state index contributed by atoms with van der Waals surface area (Å²) in [4.78, 5) is 32.9. The largest absolute Gasteiger partial charge is 0.475 e. The van der Waals surface area contributed by atoms with E-state index in [1.165, 1.54) is 17.2 Å². The van der Waals surface area contributed by atoms with Gasteiger partial charge in [-0.3, -0.25) is 9.69 Å². The minimum absolute atomic E-state index is 0.00506. The molecule has 1 aliphatic heterocycles. The number of halogens is 1. The molecule has 1 saturated heterocycles. The van der Waals surface area contributed by atoms with Crippen molar-refractivity contribution in [1.82, 2.24) is 15.0 Å². The summed E-state index contributed by atoms with van der Waals surface area (Å²) in [5.74, 6) is 0.201. The molecule has 3 heterocycles. The Balaban J connectivity index is 1.62. The molecule has 1 amide bonds. The number of ether oxygens (including phenoxy) is 1. The van der Waals surface area contributed by atoms with Crippen molar-refractivity contribution in [3.8, 4) is 5.88 Å². The number of aryl methyl sites for hydroxylation is 1. The lowest BCUT2D eigenvalue weighted by molar-refractivity contribution is -0.120. The lowest BCUT2D eigenvalue weighted by Crippen LogP contribution is -2.44. The minimum atomic E-state index is -1.15. The van der Waals surface area contributed by atoms with Crippen LogP contribution in [0.15, 0.2) is 24.4 Å². The van der Waals surface area contributed by atoms with Crippen molar-refractivity contribution in [2.24, 2.45) is 0 Å². The molecule has 2 aromatic heterocycles. The van der Waals surface area contributed by atoms with E-state index in [1.54, 1.807) is 37.8 Å². The maximum absolute atomic E-state index is 15.5. The van der Waals surface area contributed by atoms with Crippen LogP contribution in [0.25, 0.3) is 15.7 Å². The number of nitrogens with zero attached hydrogens (tertiary/aromatic N) is 6. The highest BCUT2D eigenvalue weighted by Crippen LogP contribution is 2.42. The van der Waals surface area contributed by atoms with Gasteiger partial charge in [-0.2, -0.15) is 4.98 Å². The number of rotatable bonds is 6. The van der Waals surface area contributed by atoms with Crippen molar-refractivity contribution >= 4 is 51.3 Å². The number of aromatic nitrogens is 3. The highest BCUT2D eigenvalue weighted by atomic mass is 32.1. The third-order valence-electron chi connectivity index (χ3n) is 6.32. The fourth-order valence-electron chi connectivity index (χ4n) is 4.32. The number of fused-ring (bicyclic) bond motifs is 1. The normalized spacial score (nSPS) is 17.1. The lowest BCUT2D eigenvalue weighted by Gasteiger charge is -2.29. The van der Waals surface area contributed by atoms with E-state index in [1.807, 2.05) is 0 Å². The number of carbonyl (C=O) groups is 1. The summed E-state index contributed by atoms with van der Waals surface area (Å²) in [7, 11) is 0. The molecule has 1 N–H and O–H groups in total. The van der Waals surface area contributed by atoms with Gasteiger partial charge in [0.15, 0.2) is 10.9 Å². The smallest absolute Gasteiger partial charge is 0.272 e. The van der Waals surface area contributed by atoms with Crippen molar-refractivity contribution in [3.63, 3.8) is 0 Å². The third-order valence-corrected chi connectivity index (χ3v) is 6.69. The van der Waals surface area contributed by atoms with E-state index in [4.69, 9.17) is 23.5 Å². The molecule has 2 aliphatic rings. The standard InChI is InChI=1S/C25H23FN6O3S/c1-13-9-16(12-28-20(13)27-4)31-23(34)25(2,3)32(24(31)36)15-10-17-19(18(26)11-15)29-21(14-5-6-14)30-22(17)35-8-7-33/h9-12,14,33H,5-8H2,1-3H3. The molecule has 0 unspecified atom stereocenters. The Morgan fingerprint density at radius 3 is 2.67 bits per heavy atom. The van der Waals surface area contributed by atoms with Gasteiger partial charge in [0.1, 0.15) is 29.7 Å². The summed E-state index contributed by atoms with van der Waals surface area (Å²) in [6.45, 7) is 12.1. The molecule has 1 aliphatic carbocycles. The predicted octanol–water partition coefficient (Wildman–Crippen LogP) is 4.19. The third kappa shape index (κ3) is 3.83. The van der Waals surface area contributed by atoms with Crippen LogP contribution in [0.2, 0.25) is 0 Å². The van der Waals surface area contributed by atoms with Crippen molar-refractivity contribution < 1.29 is 19.0 Å². The Labute approximate surface area is 212 Å². The zero-order chi connectivity index (χ0) is 25.8. The molecule has 0 bridgehead atoms. The van der Waals surface area contributed by atoms with E-state index >= 15 is 4.39 Å². The van der Waals surface area contributed by atoms with E-state index in [0.717, 1.165) is 12.8 Å². The highest BCUT2D eigenvalue weighted by molar-refractivity contribution is 7.81. The zero-order valence-corrected chi connectivity index (χ0v) is 20.8. The van der Waals surface area contributed by atoms with Crippen LogP contribution in [0.3, 0.4) is 0 Å². The molecule has 2 fully saturated rings. The first-order chi connectivity index (χ1) is 17.2. The molecule has 0 atom stereocenters. The zero-order valence-electron chi connectivity index (χ0n) is 19.9. The summed E-state index contributed by atoms with van der Waals surface area (Å²) in [6, 6.07) is 4.63. The monoisotopic (exact) mass is 506 g/mol. The minimum Gasteiger partial charge on any atom is -0.475 e. The van der Waals surface area contributed by atoms with Gasteiger partial charge in [0.25, 0.3) is 11.7 Å². The van der Waals surface area contributed by atoms with Crippen LogP contribution in [0.5, 0.6) is 5.88 Å². The van der Waals surface area contributed by atoms with Gasteiger partial charge in [-0.15, -0.1) is 4.98 Å². The molecule has 11 heteroatoms. The van der Waals surface area contributed by atoms with Crippen LogP contribution in [0.1, 0.15) is 44.0 Å². The van der Waals surface area contributed by atoms with Crippen LogP contribution >= 0.6 is 12.2 Å². The van der Waals surface area contributed by atoms with Crippen LogP contribution < -0.4 is 14.5 Å². The number of benzene rings is 1. The fourth-order valence-corrected chi connectivity index (χ4v) is 4.84.